The number of rotatable bonds is 8. The lowest BCUT2D eigenvalue weighted by Gasteiger charge is -2.25. The number of fused-ring (bicyclic) bond motifs is 1. The Morgan fingerprint density at radius 3 is 2.35 bits per heavy atom. The summed E-state index contributed by atoms with van der Waals surface area (Å²) in [4.78, 5) is 35.6. The second kappa shape index (κ2) is 10.4. The molecule has 1 unspecified atom stereocenters. The van der Waals surface area contributed by atoms with Crippen molar-refractivity contribution < 1.29 is 14.7 Å². The summed E-state index contributed by atoms with van der Waals surface area (Å²) < 4.78 is 0. The molecule has 4 rings (SSSR count). The predicted molar refractivity (Wildman–Crippen MR) is 132 cm³/mol. The molecule has 1 heterocycles. The van der Waals surface area contributed by atoms with Crippen LogP contribution in [0, 0.1) is 5.92 Å². The minimum Gasteiger partial charge on any atom is -0.388 e. The van der Waals surface area contributed by atoms with E-state index >= 15 is 0 Å². The van der Waals surface area contributed by atoms with E-state index in [-0.39, 0.29) is 30.6 Å². The average molecular weight is 454 g/mol. The average Bonchev–Trinajstić information content (AvgIpc) is 2.87. The maximum absolute atomic E-state index is 13.4. The van der Waals surface area contributed by atoms with Gasteiger partial charge < -0.3 is 10.0 Å². The number of carbonyl (C=O) groups is 2. The van der Waals surface area contributed by atoms with E-state index in [4.69, 9.17) is 0 Å². The maximum Gasteiger partial charge on any atom is 0.235 e. The lowest BCUT2D eigenvalue weighted by atomic mass is 9.98. The van der Waals surface area contributed by atoms with Gasteiger partial charge in [-0.1, -0.05) is 62.4 Å². The summed E-state index contributed by atoms with van der Waals surface area (Å²) in [5.41, 5.74) is 2.28. The first-order chi connectivity index (χ1) is 16.4. The summed E-state index contributed by atoms with van der Waals surface area (Å²) in [6.07, 6.45) is 1.95. The van der Waals surface area contributed by atoms with Gasteiger partial charge in [0.25, 0.3) is 0 Å². The van der Waals surface area contributed by atoms with Gasteiger partial charge in [0.1, 0.15) is 0 Å². The van der Waals surface area contributed by atoms with Crippen LogP contribution in [0.1, 0.15) is 48.1 Å². The SMILES string of the molecule is CC(C)C(O)c1cccc(N(Cc2ccc3ccccc3c2)C(=O)CC(=O)c2ncccn2)c1. The zero-order chi connectivity index (χ0) is 24.1. The van der Waals surface area contributed by atoms with Gasteiger partial charge in [-0.25, -0.2) is 9.97 Å². The third kappa shape index (κ3) is 5.35. The summed E-state index contributed by atoms with van der Waals surface area (Å²) in [5, 5.41) is 12.8. The molecule has 0 saturated heterocycles. The summed E-state index contributed by atoms with van der Waals surface area (Å²) >= 11 is 0. The van der Waals surface area contributed by atoms with E-state index < -0.39 is 11.9 Å². The summed E-state index contributed by atoms with van der Waals surface area (Å²) in [7, 11) is 0. The number of aliphatic hydroxyl groups excluding tert-OH is 1. The van der Waals surface area contributed by atoms with Crippen LogP contribution >= 0.6 is 0 Å². The summed E-state index contributed by atoms with van der Waals surface area (Å²) in [5.74, 6) is -0.753. The molecule has 0 aliphatic rings. The van der Waals surface area contributed by atoms with Crippen molar-refractivity contribution in [2.75, 3.05) is 4.90 Å². The number of ketones is 1. The molecule has 1 N–H and O–H groups in total. The molecular weight excluding hydrogens is 426 g/mol. The Hall–Kier alpha value is -3.90. The topological polar surface area (TPSA) is 83.4 Å². The van der Waals surface area contributed by atoms with Crippen LogP contribution in [0.2, 0.25) is 0 Å². The lowest BCUT2D eigenvalue weighted by Crippen LogP contribution is -2.32. The van der Waals surface area contributed by atoms with Crippen molar-refractivity contribution in [2.24, 2.45) is 5.92 Å². The van der Waals surface area contributed by atoms with Crippen LogP contribution in [-0.2, 0) is 11.3 Å². The fraction of sp³-hybridized carbons (Fsp3) is 0.214. The number of aliphatic hydroxyl groups is 1. The molecule has 1 amide bonds. The van der Waals surface area contributed by atoms with Crippen molar-refractivity contribution in [2.45, 2.75) is 32.9 Å². The number of hydrogen-bond donors (Lipinski definition) is 1. The largest absolute Gasteiger partial charge is 0.388 e. The number of anilines is 1. The van der Waals surface area contributed by atoms with Gasteiger partial charge in [0, 0.05) is 18.1 Å². The molecule has 0 saturated carbocycles. The molecule has 0 bridgehead atoms. The number of carbonyl (C=O) groups excluding carboxylic acids is 2. The molecule has 172 valence electrons. The highest BCUT2D eigenvalue weighted by Crippen LogP contribution is 2.27. The van der Waals surface area contributed by atoms with Gasteiger partial charge >= 0.3 is 0 Å². The fourth-order valence-corrected chi connectivity index (χ4v) is 3.86. The van der Waals surface area contributed by atoms with E-state index in [1.54, 1.807) is 11.0 Å². The second-order valence-electron chi connectivity index (χ2n) is 8.62. The maximum atomic E-state index is 13.4. The molecule has 6 heteroatoms. The number of nitrogens with zero attached hydrogens (tertiary/aromatic N) is 3. The second-order valence-corrected chi connectivity index (χ2v) is 8.62. The van der Waals surface area contributed by atoms with Crippen molar-refractivity contribution in [1.82, 2.24) is 9.97 Å². The Kier molecular flexibility index (Phi) is 7.09. The van der Waals surface area contributed by atoms with E-state index in [1.807, 2.05) is 80.6 Å². The van der Waals surface area contributed by atoms with Crippen molar-refractivity contribution in [1.29, 1.82) is 0 Å². The van der Waals surface area contributed by atoms with Crippen LogP contribution in [0.15, 0.2) is 85.2 Å². The predicted octanol–water partition coefficient (Wildman–Crippen LogP) is 5.13. The van der Waals surface area contributed by atoms with Gasteiger partial charge in [0.05, 0.1) is 19.1 Å². The van der Waals surface area contributed by atoms with Crippen molar-refractivity contribution in [3.05, 3.63) is 102 Å². The van der Waals surface area contributed by atoms with Gasteiger partial charge in [-0.2, -0.15) is 0 Å². The highest BCUT2D eigenvalue weighted by molar-refractivity contribution is 6.10. The number of aromatic nitrogens is 2. The molecule has 3 aromatic carbocycles. The molecule has 0 aliphatic carbocycles. The first-order valence-corrected chi connectivity index (χ1v) is 11.3. The Morgan fingerprint density at radius 1 is 0.882 bits per heavy atom. The third-order valence-electron chi connectivity index (χ3n) is 5.74. The van der Waals surface area contributed by atoms with E-state index in [0.29, 0.717) is 5.69 Å². The van der Waals surface area contributed by atoms with E-state index in [9.17, 15) is 14.7 Å². The molecular formula is C28H27N3O3. The Balaban J connectivity index is 1.67. The van der Waals surface area contributed by atoms with Crippen LogP contribution in [0.3, 0.4) is 0 Å². The lowest BCUT2D eigenvalue weighted by molar-refractivity contribution is -0.117. The standard InChI is InChI=1S/C28H27N3O3/c1-19(2)27(34)23-9-5-10-24(16-23)31(26(33)17-25(32)28-29-13-6-14-30-28)18-20-11-12-21-7-3-4-8-22(21)15-20/h3-16,19,27,34H,17-18H2,1-2H3. The van der Waals surface area contributed by atoms with E-state index in [1.165, 1.54) is 12.4 Å². The van der Waals surface area contributed by atoms with Crippen LogP contribution in [-0.4, -0.2) is 26.8 Å². The monoisotopic (exact) mass is 453 g/mol. The summed E-state index contributed by atoms with van der Waals surface area (Å²) in [6, 6.07) is 23.0. The number of amides is 1. The highest BCUT2D eigenvalue weighted by Gasteiger charge is 2.23. The summed E-state index contributed by atoms with van der Waals surface area (Å²) in [6.45, 7) is 4.16. The van der Waals surface area contributed by atoms with Crippen LogP contribution < -0.4 is 4.90 Å². The molecule has 34 heavy (non-hydrogen) atoms. The van der Waals surface area contributed by atoms with Gasteiger partial charge in [-0.05, 0) is 52.1 Å². The smallest absolute Gasteiger partial charge is 0.235 e. The first kappa shape index (κ1) is 23.3. The van der Waals surface area contributed by atoms with E-state index in [2.05, 4.69) is 9.97 Å². The van der Waals surface area contributed by atoms with Crippen molar-refractivity contribution in [3.8, 4) is 0 Å². The quantitative estimate of drug-likeness (QED) is 0.296. The molecule has 0 aliphatic heterocycles. The van der Waals surface area contributed by atoms with Gasteiger partial charge in [-0.15, -0.1) is 0 Å². The van der Waals surface area contributed by atoms with Crippen LogP contribution in [0.25, 0.3) is 10.8 Å². The Bertz CT molecular complexity index is 1300. The van der Waals surface area contributed by atoms with Gasteiger partial charge in [0.15, 0.2) is 5.82 Å². The van der Waals surface area contributed by atoms with Gasteiger partial charge in [0.2, 0.25) is 11.7 Å². The van der Waals surface area contributed by atoms with Crippen molar-refractivity contribution in [3.63, 3.8) is 0 Å². The zero-order valence-corrected chi connectivity index (χ0v) is 19.3. The number of hydrogen-bond acceptors (Lipinski definition) is 5. The van der Waals surface area contributed by atoms with Gasteiger partial charge in [-0.3, -0.25) is 9.59 Å². The molecule has 4 aromatic rings. The fourth-order valence-electron chi connectivity index (χ4n) is 3.86. The molecule has 0 spiro atoms. The van der Waals surface area contributed by atoms with E-state index in [0.717, 1.165) is 21.9 Å². The molecule has 6 nitrogen and oxygen atoms in total. The zero-order valence-electron chi connectivity index (χ0n) is 19.3. The molecule has 1 atom stereocenters. The molecule has 0 radical (unpaired) electrons. The normalized spacial score (nSPS) is 12.0. The Labute approximate surface area is 198 Å². The third-order valence-corrected chi connectivity index (χ3v) is 5.74. The minimum atomic E-state index is -0.656. The molecule has 0 fully saturated rings. The van der Waals surface area contributed by atoms with Crippen molar-refractivity contribution >= 4 is 28.2 Å². The highest BCUT2D eigenvalue weighted by atomic mass is 16.3. The minimum absolute atomic E-state index is 0.0190. The van der Waals surface area contributed by atoms with Crippen LogP contribution in [0.5, 0.6) is 0 Å². The molecule has 1 aromatic heterocycles. The van der Waals surface area contributed by atoms with Crippen LogP contribution in [0.4, 0.5) is 5.69 Å². The first-order valence-electron chi connectivity index (χ1n) is 11.3. The number of benzene rings is 3. The number of Topliss-reactive ketones (excluding diaryl/α,β-unsaturated/α-hetero) is 1. The Morgan fingerprint density at radius 2 is 1.62 bits per heavy atom.